The van der Waals surface area contributed by atoms with Crippen molar-refractivity contribution in [3.8, 4) is 0 Å². The minimum Gasteiger partial charge on any atom is -0.446 e. The number of aryl methyl sites for hydroxylation is 1. The number of rotatable bonds is 7. The lowest BCUT2D eigenvalue weighted by Gasteiger charge is -2.14. The molecule has 1 saturated carbocycles. The van der Waals surface area contributed by atoms with Gasteiger partial charge in [-0.2, -0.15) is 5.10 Å². The fourth-order valence-corrected chi connectivity index (χ4v) is 4.04. The number of hydrogen-bond donors (Lipinski definition) is 3. The Morgan fingerprint density at radius 1 is 1.39 bits per heavy atom. The first-order valence-corrected chi connectivity index (χ1v) is 10.5. The fraction of sp³-hybridized carbons (Fsp3) is 0.524. The van der Waals surface area contributed by atoms with Crippen LogP contribution in [0.2, 0.25) is 0 Å². The van der Waals surface area contributed by atoms with Crippen LogP contribution in [0.25, 0.3) is 11.0 Å². The lowest BCUT2D eigenvalue weighted by atomic mass is 10.0. The summed E-state index contributed by atoms with van der Waals surface area (Å²) in [7, 11) is 3.60. The van der Waals surface area contributed by atoms with Crippen molar-refractivity contribution in [3.05, 3.63) is 29.8 Å². The molecule has 1 aliphatic carbocycles. The Kier molecular flexibility index (Phi) is 6.08. The van der Waals surface area contributed by atoms with Crippen molar-refractivity contribution in [3.63, 3.8) is 0 Å². The molecule has 31 heavy (non-hydrogen) atoms. The van der Waals surface area contributed by atoms with Crippen LogP contribution in [0.5, 0.6) is 0 Å². The number of hydrogen-bond acceptors (Lipinski definition) is 7. The van der Waals surface area contributed by atoms with Gasteiger partial charge < -0.3 is 24.7 Å². The largest absolute Gasteiger partial charge is 0.446 e. The molecular formula is C21H29N7O3. The van der Waals surface area contributed by atoms with Crippen molar-refractivity contribution in [2.75, 3.05) is 12.4 Å². The number of aromatic nitrogens is 5. The van der Waals surface area contributed by atoms with E-state index < -0.39 is 0 Å². The Hall–Kier alpha value is -3.14. The van der Waals surface area contributed by atoms with E-state index in [-0.39, 0.29) is 24.2 Å². The second-order valence-electron chi connectivity index (χ2n) is 8.22. The second-order valence-corrected chi connectivity index (χ2v) is 8.22. The number of nitrogens with zero attached hydrogens (tertiary/aromatic N) is 4. The van der Waals surface area contributed by atoms with Gasteiger partial charge in [0.2, 0.25) is 0 Å². The van der Waals surface area contributed by atoms with Gasteiger partial charge in [-0.15, -0.1) is 0 Å². The highest BCUT2D eigenvalue weighted by atomic mass is 16.6. The molecule has 166 valence electrons. The van der Waals surface area contributed by atoms with Gasteiger partial charge in [0, 0.05) is 44.1 Å². The summed E-state index contributed by atoms with van der Waals surface area (Å²) in [6.07, 6.45) is 3.86. The van der Waals surface area contributed by atoms with Gasteiger partial charge in [-0.1, -0.05) is 0 Å². The van der Waals surface area contributed by atoms with Gasteiger partial charge in [-0.3, -0.25) is 5.10 Å². The zero-order valence-electron chi connectivity index (χ0n) is 18.3. The molecule has 2 atom stereocenters. The lowest BCUT2D eigenvalue weighted by Crippen LogP contribution is -2.33. The van der Waals surface area contributed by atoms with Gasteiger partial charge in [-0.25, -0.2) is 14.8 Å². The molecule has 3 aromatic rings. The maximum atomic E-state index is 11.9. The molecule has 0 radical (unpaired) electrons. The summed E-state index contributed by atoms with van der Waals surface area (Å²) in [5, 5.41) is 13.6. The minimum atomic E-state index is -0.351. The Bertz CT molecular complexity index is 1060. The molecule has 0 bridgehead atoms. The number of carbonyl (C=O) groups excluding carboxylic acids is 1. The summed E-state index contributed by atoms with van der Waals surface area (Å²) in [5.74, 6) is 2.47. The average Bonchev–Trinajstić information content (AvgIpc) is 3.42. The number of H-pyrrole nitrogens is 1. The molecule has 10 nitrogen and oxygen atoms in total. The zero-order chi connectivity index (χ0) is 22.0. The standard InChI is InChI=1S/C21H29N7O3/c1-12(2)23-21(29)31-14-6-5-13(9-14)16-10-17(27-26-16)25-20-19-15(7-8-22-20)24-18(11-30-4)28(19)3/h7-8,10,12-14H,5-6,9,11H2,1-4H3,(H,23,29)(H2,22,25,26,27). The Balaban J connectivity index is 1.44. The number of imidazole rings is 1. The van der Waals surface area contributed by atoms with E-state index in [1.165, 1.54) is 0 Å². The number of carbonyl (C=O) groups is 1. The predicted molar refractivity (Wildman–Crippen MR) is 116 cm³/mol. The molecule has 0 saturated heterocycles. The van der Waals surface area contributed by atoms with E-state index in [9.17, 15) is 4.79 Å². The number of methoxy groups -OCH3 is 1. The SMILES string of the molecule is COCc1nc2ccnc(Nc3cc(C4CCC(OC(=O)NC(C)C)C4)[nH]n3)c2n1C. The maximum absolute atomic E-state index is 11.9. The van der Waals surface area contributed by atoms with Crippen molar-refractivity contribution < 1.29 is 14.3 Å². The Morgan fingerprint density at radius 3 is 3.00 bits per heavy atom. The van der Waals surface area contributed by atoms with Crippen LogP contribution in [0.1, 0.15) is 50.5 Å². The van der Waals surface area contributed by atoms with E-state index in [4.69, 9.17) is 9.47 Å². The molecule has 0 aromatic carbocycles. The number of pyridine rings is 1. The van der Waals surface area contributed by atoms with Gasteiger partial charge in [-0.05, 0) is 39.2 Å². The van der Waals surface area contributed by atoms with E-state index in [0.717, 1.165) is 41.8 Å². The third kappa shape index (κ3) is 4.63. The third-order valence-electron chi connectivity index (χ3n) is 5.50. The summed E-state index contributed by atoms with van der Waals surface area (Å²) in [6, 6.07) is 3.94. The quantitative estimate of drug-likeness (QED) is 0.529. The van der Waals surface area contributed by atoms with Crippen LogP contribution in [-0.4, -0.2) is 50.1 Å². The number of anilines is 2. The summed E-state index contributed by atoms with van der Waals surface area (Å²) in [4.78, 5) is 20.9. The van der Waals surface area contributed by atoms with Gasteiger partial charge in [0.15, 0.2) is 11.6 Å². The topological polar surface area (TPSA) is 119 Å². The molecular weight excluding hydrogens is 398 g/mol. The molecule has 0 aliphatic heterocycles. The molecule has 1 amide bonds. The minimum absolute atomic E-state index is 0.0639. The number of aromatic amines is 1. The number of fused-ring (bicyclic) bond motifs is 1. The van der Waals surface area contributed by atoms with Gasteiger partial charge >= 0.3 is 6.09 Å². The summed E-state index contributed by atoms with van der Waals surface area (Å²) >= 11 is 0. The molecule has 3 heterocycles. The van der Waals surface area contributed by atoms with Gasteiger partial charge in [0.05, 0.1) is 5.52 Å². The predicted octanol–water partition coefficient (Wildman–Crippen LogP) is 3.35. The van der Waals surface area contributed by atoms with E-state index in [0.29, 0.717) is 18.2 Å². The van der Waals surface area contributed by atoms with Crippen molar-refractivity contribution in [1.29, 1.82) is 0 Å². The third-order valence-corrected chi connectivity index (χ3v) is 5.50. The van der Waals surface area contributed by atoms with Crippen LogP contribution < -0.4 is 10.6 Å². The molecule has 1 fully saturated rings. The zero-order valence-corrected chi connectivity index (χ0v) is 18.3. The van der Waals surface area contributed by atoms with E-state index in [1.54, 1.807) is 13.3 Å². The Labute approximate surface area is 180 Å². The van der Waals surface area contributed by atoms with Crippen molar-refractivity contribution in [2.45, 2.75) is 57.8 Å². The molecule has 3 aromatic heterocycles. The highest BCUT2D eigenvalue weighted by Gasteiger charge is 2.30. The first-order chi connectivity index (χ1) is 14.9. The van der Waals surface area contributed by atoms with Crippen molar-refractivity contribution in [2.24, 2.45) is 7.05 Å². The van der Waals surface area contributed by atoms with Crippen LogP contribution in [-0.2, 0) is 23.1 Å². The number of nitrogens with one attached hydrogen (secondary N) is 3. The Morgan fingerprint density at radius 2 is 2.23 bits per heavy atom. The number of alkyl carbamates (subject to hydrolysis) is 1. The van der Waals surface area contributed by atoms with Crippen molar-refractivity contribution in [1.82, 2.24) is 30.0 Å². The first kappa shape index (κ1) is 21.1. The normalized spacial score (nSPS) is 18.6. The van der Waals surface area contributed by atoms with Crippen molar-refractivity contribution >= 4 is 28.8 Å². The van der Waals surface area contributed by atoms with E-state index >= 15 is 0 Å². The van der Waals surface area contributed by atoms with Crippen LogP contribution in [0.3, 0.4) is 0 Å². The second kappa shape index (κ2) is 8.93. The molecule has 2 unspecified atom stereocenters. The summed E-state index contributed by atoms with van der Waals surface area (Å²) in [6.45, 7) is 4.26. The smallest absolute Gasteiger partial charge is 0.407 e. The molecule has 3 N–H and O–H groups in total. The van der Waals surface area contributed by atoms with Crippen LogP contribution in [0.15, 0.2) is 18.3 Å². The number of amides is 1. The molecule has 1 aliphatic rings. The fourth-order valence-electron chi connectivity index (χ4n) is 4.04. The first-order valence-electron chi connectivity index (χ1n) is 10.5. The highest BCUT2D eigenvalue weighted by Crippen LogP contribution is 2.36. The lowest BCUT2D eigenvalue weighted by molar-refractivity contribution is 0.0981. The molecule has 10 heteroatoms. The number of ether oxygens (including phenoxy) is 2. The van der Waals surface area contributed by atoms with Crippen LogP contribution in [0, 0.1) is 0 Å². The van der Waals surface area contributed by atoms with Gasteiger partial charge in [0.1, 0.15) is 24.1 Å². The van der Waals surface area contributed by atoms with E-state index in [1.807, 2.05) is 37.6 Å². The van der Waals surface area contributed by atoms with E-state index in [2.05, 4.69) is 30.8 Å². The maximum Gasteiger partial charge on any atom is 0.407 e. The highest BCUT2D eigenvalue weighted by molar-refractivity contribution is 5.88. The summed E-state index contributed by atoms with van der Waals surface area (Å²) < 4.78 is 12.7. The van der Waals surface area contributed by atoms with Gasteiger partial charge in [0.25, 0.3) is 0 Å². The monoisotopic (exact) mass is 427 g/mol. The average molecular weight is 428 g/mol. The molecule has 4 rings (SSSR count). The molecule has 0 spiro atoms. The van der Waals surface area contributed by atoms with Crippen LogP contribution in [0.4, 0.5) is 16.4 Å². The van der Waals surface area contributed by atoms with Crippen LogP contribution >= 0.6 is 0 Å². The summed E-state index contributed by atoms with van der Waals surface area (Å²) in [5.41, 5.74) is 2.76.